The van der Waals surface area contributed by atoms with Crippen LogP contribution in [0.4, 0.5) is 0 Å². The summed E-state index contributed by atoms with van der Waals surface area (Å²) in [5, 5.41) is 11.9. The summed E-state index contributed by atoms with van der Waals surface area (Å²) in [5.74, 6) is 0. The molecule has 88 valence electrons. The molecular formula is C13H25NO. The second-order valence-electron chi connectivity index (χ2n) is 5.85. The predicted molar refractivity (Wildman–Crippen MR) is 64.6 cm³/mol. The molecule has 0 saturated heterocycles. The number of rotatable bonds is 6. The Kier molecular flexibility index (Phi) is 4.35. The zero-order valence-corrected chi connectivity index (χ0v) is 10.3. The summed E-state index contributed by atoms with van der Waals surface area (Å²) in [6.07, 6.45) is 10.5. The van der Waals surface area contributed by atoms with Gasteiger partial charge in [-0.05, 0) is 37.5 Å². The van der Waals surface area contributed by atoms with Crippen molar-refractivity contribution in [1.82, 2.24) is 5.32 Å². The van der Waals surface area contributed by atoms with Gasteiger partial charge in [-0.25, -0.2) is 0 Å². The molecular weight excluding hydrogens is 186 g/mol. The van der Waals surface area contributed by atoms with Crippen LogP contribution in [0.25, 0.3) is 0 Å². The van der Waals surface area contributed by atoms with Gasteiger partial charge in [0.2, 0.25) is 0 Å². The molecule has 0 atom stereocenters. The summed E-state index contributed by atoms with van der Waals surface area (Å²) in [7, 11) is 0. The number of unbranched alkanes of at least 4 members (excludes halogenated alkanes) is 1. The maximum Gasteiger partial charge on any atom is 0.0938 e. The normalized spacial score (nSPS) is 19.7. The Morgan fingerprint density at radius 2 is 2.00 bits per heavy atom. The molecule has 1 fully saturated rings. The molecule has 0 radical (unpaired) electrons. The van der Waals surface area contributed by atoms with Crippen molar-refractivity contribution in [2.45, 2.75) is 58.4 Å². The van der Waals surface area contributed by atoms with Gasteiger partial charge >= 0.3 is 0 Å². The molecule has 2 heteroatoms. The van der Waals surface area contributed by atoms with E-state index in [-0.39, 0.29) is 12.3 Å². The van der Waals surface area contributed by atoms with Gasteiger partial charge in [-0.3, -0.25) is 5.32 Å². The van der Waals surface area contributed by atoms with Gasteiger partial charge in [0.15, 0.2) is 0 Å². The zero-order chi connectivity index (χ0) is 11.4. The Morgan fingerprint density at radius 1 is 1.33 bits per heavy atom. The molecule has 0 heterocycles. The molecule has 0 aromatic rings. The van der Waals surface area contributed by atoms with Gasteiger partial charge in [-0.15, -0.1) is 0 Å². The quantitative estimate of drug-likeness (QED) is 0.402. The maximum atomic E-state index is 8.81. The van der Waals surface area contributed by atoms with E-state index in [9.17, 15) is 0 Å². The van der Waals surface area contributed by atoms with Gasteiger partial charge in [-0.2, -0.15) is 0 Å². The molecule has 1 aliphatic carbocycles. The van der Waals surface area contributed by atoms with Crippen molar-refractivity contribution < 1.29 is 5.11 Å². The second kappa shape index (κ2) is 5.13. The van der Waals surface area contributed by atoms with Gasteiger partial charge in [0.25, 0.3) is 0 Å². The summed E-state index contributed by atoms with van der Waals surface area (Å²) in [6, 6.07) is 0. The average molecular weight is 211 g/mol. The standard InChI is InChI=1S/C13H25NO/c1-12(2,3)7-5-4-6-8-13(9-10-13)14-11-15/h6,8,14-15H,4-5,7,9-11H2,1-3H3/b8-6+. The van der Waals surface area contributed by atoms with Crippen molar-refractivity contribution in [3.05, 3.63) is 12.2 Å². The lowest BCUT2D eigenvalue weighted by atomic mass is 9.90. The Hall–Kier alpha value is -0.340. The molecule has 2 nitrogen and oxygen atoms in total. The van der Waals surface area contributed by atoms with Crippen LogP contribution in [0.5, 0.6) is 0 Å². The van der Waals surface area contributed by atoms with Gasteiger partial charge in [0.05, 0.1) is 6.73 Å². The van der Waals surface area contributed by atoms with E-state index < -0.39 is 0 Å². The van der Waals surface area contributed by atoms with Crippen LogP contribution in [0.1, 0.15) is 52.9 Å². The Labute approximate surface area is 93.8 Å². The molecule has 1 aliphatic rings. The second-order valence-corrected chi connectivity index (χ2v) is 5.85. The van der Waals surface area contributed by atoms with Crippen molar-refractivity contribution in [1.29, 1.82) is 0 Å². The fourth-order valence-corrected chi connectivity index (χ4v) is 1.75. The minimum atomic E-state index is 0.0896. The van der Waals surface area contributed by atoms with Crippen LogP contribution in [0, 0.1) is 5.41 Å². The first-order chi connectivity index (χ1) is 6.97. The molecule has 2 N–H and O–H groups in total. The van der Waals surface area contributed by atoms with Crippen LogP contribution in [0.15, 0.2) is 12.2 Å². The maximum absolute atomic E-state index is 8.81. The number of hydrogen-bond donors (Lipinski definition) is 2. The van der Waals surface area contributed by atoms with Crippen molar-refractivity contribution >= 4 is 0 Å². The van der Waals surface area contributed by atoms with E-state index in [0.717, 1.165) is 6.42 Å². The fourth-order valence-electron chi connectivity index (χ4n) is 1.75. The number of nitrogens with one attached hydrogen (secondary N) is 1. The van der Waals surface area contributed by atoms with E-state index >= 15 is 0 Å². The first-order valence-corrected chi connectivity index (χ1v) is 6.01. The summed E-state index contributed by atoms with van der Waals surface area (Å²) in [6.45, 7) is 6.94. The minimum absolute atomic E-state index is 0.0896. The van der Waals surface area contributed by atoms with Crippen molar-refractivity contribution in [2.75, 3.05) is 6.73 Å². The molecule has 0 amide bonds. The largest absolute Gasteiger partial charge is 0.381 e. The molecule has 0 aromatic carbocycles. The average Bonchev–Trinajstić information content (AvgIpc) is 2.83. The third-order valence-electron chi connectivity index (χ3n) is 2.95. The first kappa shape index (κ1) is 12.7. The molecule has 0 bridgehead atoms. The van der Waals surface area contributed by atoms with Gasteiger partial charge < -0.3 is 5.11 Å². The third kappa shape index (κ3) is 5.33. The van der Waals surface area contributed by atoms with Crippen LogP contribution in [-0.2, 0) is 0 Å². The highest BCUT2D eigenvalue weighted by atomic mass is 16.3. The van der Waals surface area contributed by atoms with Gasteiger partial charge in [0.1, 0.15) is 0 Å². The van der Waals surface area contributed by atoms with Gasteiger partial charge in [-0.1, -0.05) is 32.9 Å². The smallest absolute Gasteiger partial charge is 0.0938 e. The van der Waals surface area contributed by atoms with Crippen LogP contribution in [0.3, 0.4) is 0 Å². The lowest BCUT2D eigenvalue weighted by molar-refractivity contribution is 0.246. The molecule has 1 rings (SSSR count). The Balaban J connectivity index is 2.12. The zero-order valence-electron chi connectivity index (χ0n) is 10.3. The molecule has 0 unspecified atom stereocenters. The number of aliphatic hydroxyl groups is 1. The molecule has 15 heavy (non-hydrogen) atoms. The number of aliphatic hydroxyl groups excluding tert-OH is 1. The lowest BCUT2D eigenvalue weighted by Crippen LogP contribution is -2.29. The Bertz CT molecular complexity index is 211. The van der Waals surface area contributed by atoms with E-state index in [0.29, 0.717) is 5.41 Å². The van der Waals surface area contributed by atoms with Crippen molar-refractivity contribution in [2.24, 2.45) is 5.41 Å². The van der Waals surface area contributed by atoms with Gasteiger partial charge in [0, 0.05) is 5.54 Å². The first-order valence-electron chi connectivity index (χ1n) is 6.01. The van der Waals surface area contributed by atoms with Crippen LogP contribution < -0.4 is 5.32 Å². The van der Waals surface area contributed by atoms with E-state index in [1.807, 2.05) is 0 Å². The summed E-state index contributed by atoms with van der Waals surface area (Å²) in [5.41, 5.74) is 0.602. The van der Waals surface area contributed by atoms with Crippen molar-refractivity contribution in [3.63, 3.8) is 0 Å². The SMILES string of the molecule is CC(C)(C)CCC/C=C/C1(NCO)CC1. The van der Waals surface area contributed by atoms with Crippen molar-refractivity contribution in [3.8, 4) is 0 Å². The van der Waals surface area contributed by atoms with E-state index in [1.165, 1.54) is 25.7 Å². The van der Waals surface area contributed by atoms with E-state index in [1.54, 1.807) is 0 Å². The molecule has 0 aliphatic heterocycles. The van der Waals surface area contributed by atoms with Crippen LogP contribution in [0.2, 0.25) is 0 Å². The lowest BCUT2D eigenvalue weighted by Gasteiger charge is -2.17. The third-order valence-corrected chi connectivity index (χ3v) is 2.95. The van der Waals surface area contributed by atoms with E-state index in [2.05, 4.69) is 38.2 Å². The molecule has 0 spiro atoms. The Morgan fingerprint density at radius 3 is 2.47 bits per heavy atom. The highest BCUT2D eigenvalue weighted by molar-refractivity contribution is 5.16. The molecule has 0 aromatic heterocycles. The minimum Gasteiger partial charge on any atom is -0.381 e. The summed E-state index contributed by atoms with van der Waals surface area (Å²) >= 11 is 0. The van der Waals surface area contributed by atoms with Crippen LogP contribution >= 0.6 is 0 Å². The monoisotopic (exact) mass is 211 g/mol. The van der Waals surface area contributed by atoms with E-state index in [4.69, 9.17) is 5.11 Å². The predicted octanol–water partition coefficient (Wildman–Crippen LogP) is 2.83. The summed E-state index contributed by atoms with van der Waals surface area (Å²) < 4.78 is 0. The highest BCUT2D eigenvalue weighted by Gasteiger charge is 2.38. The fraction of sp³-hybridized carbons (Fsp3) is 0.846. The highest BCUT2D eigenvalue weighted by Crippen LogP contribution is 2.36. The van der Waals surface area contributed by atoms with Crippen LogP contribution in [-0.4, -0.2) is 17.4 Å². The number of hydrogen-bond acceptors (Lipinski definition) is 2. The number of allylic oxidation sites excluding steroid dienone is 1. The molecule has 1 saturated carbocycles. The summed E-state index contributed by atoms with van der Waals surface area (Å²) in [4.78, 5) is 0. The topological polar surface area (TPSA) is 32.3 Å².